The lowest BCUT2D eigenvalue weighted by Crippen LogP contribution is -1.46. The minimum atomic E-state index is -0.444. The van der Waals surface area contributed by atoms with Gasteiger partial charge in [-0.3, -0.25) is 10.1 Å². The summed E-state index contributed by atoms with van der Waals surface area (Å²) >= 11 is 0. The molecular weight excluding hydrogens is 89.1 g/mol. The predicted octanol–water partition coefficient (Wildman–Crippen LogP) is 0.504. The second-order valence-corrected chi connectivity index (χ2v) is 3.62. The summed E-state index contributed by atoms with van der Waals surface area (Å²) in [4.78, 5) is 0. The molecule has 0 fully saturated rings. The van der Waals surface area contributed by atoms with Crippen LogP contribution < -0.4 is 0 Å². The highest BCUT2D eigenvalue weighted by molar-refractivity contribution is 8.31. The van der Waals surface area contributed by atoms with Crippen LogP contribution >= 0.6 is 8.44 Å². The number of rotatable bonds is 0. The molecule has 0 aliphatic heterocycles. The molecule has 0 rings (SSSR count). The lowest BCUT2D eigenvalue weighted by Gasteiger charge is -1.78. The first-order valence-corrected chi connectivity index (χ1v) is 3.89. The molecule has 0 N–H and O–H groups in total. The van der Waals surface area contributed by atoms with Gasteiger partial charge in [-0.05, 0) is 0 Å². The molecule has 0 saturated carbocycles. The van der Waals surface area contributed by atoms with Crippen molar-refractivity contribution in [3.8, 4) is 0 Å². The molecule has 0 spiro atoms. The van der Waals surface area contributed by atoms with Gasteiger partial charge in [-0.25, -0.2) is 8.44 Å². The SMILES string of the molecule is C[S-](#N)P. The summed E-state index contributed by atoms with van der Waals surface area (Å²) in [6, 6.07) is 0. The molecule has 0 amide bonds. The molecule has 26 valence electrons. The van der Waals surface area contributed by atoms with Gasteiger partial charge in [0, 0.05) is 0 Å². The van der Waals surface area contributed by atoms with Crippen LogP contribution in [0.1, 0.15) is 0 Å². The Morgan fingerprint density at radius 3 is 2.00 bits per heavy atom. The van der Waals surface area contributed by atoms with E-state index in [2.05, 4.69) is 8.44 Å². The zero-order chi connectivity index (χ0) is 3.58. The number of hydrogen-bond donors (Lipinski definition) is 0. The largest absolute Gasteiger partial charge is 0.427 e. The van der Waals surface area contributed by atoms with E-state index < -0.39 is 10.1 Å². The van der Waals surface area contributed by atoms with Crippen molar-refractivity contribution >= 4 is 18.6 Å². The van der Waals surface area contributed by atoms with E-state index in [-0.39, 0.29) is 0 Å². The van der Waals surface area contributed by atoms with Gasteiger partial charge in [0.15, 0.2) is 0 Å². The molecular formula is CH5NPS-. The minimum absolute atomic E-state index is 0.444. The lowest BCUT2D eigenvalue weighted by molar-refractivity contribution is 1.65. The fourth-order valence-electron chi connectivity index (χ4n) is 0. The van der Waals surface area contributed by atoms with Crippen LogP contribution in [-0.4, -0.2) is 6.26 Å². The third kappa shape index (κ3) is 23.0. The third-order valence-corrected chi connectivity index (χ3v) is 0. The molecule has 0 aliphatic rings. The lowest BCUT2D eigenvalue weighted by atomic mass is 12.0. The maximum atomic E-state index is 8.05. The van der Waals surface area contributed by atoms with E-state index in [0.29, 0.717) is 0 Å². The maximum Gasteiger partial charge on any atom is -0.122 e. The predicted molar refractivity (Wildman–Crippen MR) is 24.7 cm³/mol. The quantitative estimate of drug-likeness (QED) is 0.317. The van der Waals surface area contributed by atoms with Crippen molar-refractivity contribution in [2.24, 2.45) is 0 Å². The van der Waals surface area contributed by atoms with E-state index >= 15 is 0 Å². The first-order chi connectivity index (χ1) is 1.73. The van der Waals surface area contributed by atoms with Crippen LogP contribution in [0.5, 0.6) is 0 Å². The number of hydrogen-bond acceptors (Lipinski definition) is 2. The Hall–Kier alpha value is 0.490. The van der Waals surface area contributed by atoms with Crippen molar-refractivity contribution in [1.29, 1.82) is 4.61 Å². The molecule has 1 unspecified atom stereocenters. The van der Waals surface area contributed by atoms with E-state index in [9.17, 15) is 0 Å². The molecule has 0 radical (unpaired) electrons. The van der Waals surface area contributed by atoms with Crippen LogP contribution in [0.3, 0.4) is 0 Å². The normalized spacial score (nSPS) is 8.50. The molecule has 1 atom stereocenters. The van der Waals surface area contributed by atoms with Gasteiger partial charge in [0.25, 0.3) is 0 Å². The minimum Gasteiger partial charge on any atom is -0.427 e. The summed E-state index contributed by atoms with van der Waals surface area (Å²) in [5.74, 6) is 0. The maximum absolute atomic E-state index is 8.05. The van der Waals surface area contributed by atoms with Crippen LogP contribution in [0.15, 0.2) is 0 Å². The molecule has 0 aliphatic carbocycles. The van der Waals surface area contributed by atoms with Gasteiger partial charge in [0.2, 0.25) is 0 Å². The zero-order valence-corrected chi connectivity index (χ0v) is 4.40. The second-order valence-electron chi connectivity index (χ2n) is 0.524. The van der Waals surface area contributed by atoms with Crippen molar-refractivity contribution < 1.29 is 0 Å². The van der Waals surface area contributed by atoms with Crippen LogP contribution in [0, 0.1) is 4.61 Å². The first-order valence-electron chi connectivity index (χ1n) is 0.827. The Balaban J connectivity index is 3.02. The average Bonchev–Trinajstić information content (AvgIpc) is 0.811. The summed E-state index contributed by atoms with van der Waals surface area (Å²) in [5.41, 5.74) is 0. The summed E-state index contributed by atoms with van der Waals surface area (Å²) in [6.07, 6.45) is 1.71. The standard InChI is InChI=1S/CH5NPS/c1-4(2)3/h3H2,1H3/q-1. The molecule has 1 nitrogen and oxygen atoms in total. The van der Waals surface area contributed by atoms with Crippen LogP contribution in [-0.2, 0) is 10.1 Å². The van der Waals surface area contributed by atoms with E-state index in [1.165, 1.54) is 0 Å². The Morgan fingerprint density at radius 1 is 2.00 bits per heavy atom. The van der Waals surface area contributed by atoms with Crippen molar-refractivity contribution in [3.05, 3.63) is 0 Å². The second kappa shape index (κ2) is 1.78. The fraction of sp³-hybridized carbons (Fsp3) is 1.00. The first kappa shape index (κ1) is 4.49. The molecule has 0 aromatic rings. The monoisotopic (exact) mass is 94.0 g/mol. The average molecular weight is 94.1 g/mol. The van der Waals surface area contributed by atoms with Crippen LogP contribution in [0.25, 0.3) is 0 Å². The highest BCUT2D eigenvalue weighted by Gasteiger charge is 1.28. The van der Waals surface area contributed by atoms with Gasteiger partial charge >= 0.3 is 0 Å². The van der Waals surface area contributed by atoms with Gasteiger partial charge in [0.05, 0.1) is 0 Å². The van der Waals surface area contributed by atoms with Gasteiger partial charge in [-0.1, -0.05) is 0 Å². The highest BCUT2D eigenvalue weighted by atomic mass is 32.7. The van der Waals surface area contributed by atoms with Gasteiger partial charge in [-0.2, -0.15) is 0 Å². The van der Waals surface area contributed by atoms with Crippen molar-refractivity contribution in [1.82, 2.24) is 0 Å². The summed E-state index contributed by atoms with van der Waals surface area (Å²) < 4.78 is 8.05. The Kier molecular flexibility index (Phi) is 1.99. The van der Waals surface area contributed by atoms with E-state index in [1.54, 1.807) is 6.26 Å². The van der Waals surface area contributed by atoms with Crippen molar-refractivity contribution in [2.75, 3.05) is 6.26 Å². The number of nitrogens with zero attached hydrogens (tertiary/aromatic N) is 1. The van der Waals surface area contributed by atoms with Crippen molar-refractivity contribution in [2.45, 2.75) is 0 Å². The topological polar surface area (TPSA) is 23.8 Å². The van der Waals surface area contributed by atoms with Crippen molar-refractivity contribution in [3.63, 3.8) is 0 Å². The molecule has 0 aromatic carbocycles. The molecule has 0 bridgehead atoms. The van der Waals surface area contributed by atoms with E-state index in [1.807, 2.05) is 0 Å². The third-order valence-electron chi connectivity index (χ3n) is 0. The summed E-state index contributed by atoms with van der Waals surface area (Å²) in [7, 11) is 1.80. The van der Waals surface area contributed by atoms with Crippen LogP contribution in [0.4, 0.5) is 0 Å². The zero-order valence-electron chi connectivity index (χ0n) is 2.43. The van der Waals surface area contributed by atoms with Gasteiger partial charge in [-0.15, -0.1) is 6.26 Å². The molecule has 4 heavy (non-hydrogen) atoms. The van der Waals surface area contributed by atoms with Crippen LogP contribution in [0.2, 0.25) is 0 Å². The van der Waals surface area contributed by atoms with Gasteiger partial charge < -0.3 is 4.61 Å². The summed E-state index contributed by atoms with van der Waals surface area (Å²) in [6.45, 7) is 0. The van der Waals surface area contributed by atoms with E-state index in [4.69, 9.17) is 4.61 Å². The summed E-state index contributed by atoms with van der Waals surface area (Å²) in [5, 5.41) is 0. The molecule has 0 heterocycles. The molecule has 0 saturated heterocycles. The highest BCUT2D eigenvalue weighted by Crippen LogP contribution is 1.78. The Morgan fingerprint density at radius 2 is 2.00 bits per heavy atom. The molecule has 3 heteroatoms. The molecule has 0 aromatic heterocycles. The smallest absolute Gasteiger partial charge is 0.122 e. The fourth-order valence-corrected chi connectivity index (χ4v) is 0. The van der Waals surface area contributed by atoms with Gasteiger partial charge in [0.1, 0.15) is 0 Å². The Labute approximate surface area is 30.3 Å². The Bertz CT molecular complexity index is 54.2. The van der Waals surface area contributed by atoms with E-state index in [0.717, 1.165) is 0 Å².